The molecule has 3 heterocycles. The molecule has 2 bridgehead atoms. The summed E-state index contributed by atoms with van der Waals surface area (Å²) in [4.78, 5) is 8.30. The Hall–Kier alpha value is -4.19. The first-order valence-corrected chi connectivity index (χ1v) is 9.44. The van der Waals surface area contributed by atoms with Crippen molar-refractivity contribution in [3.05, 3.63) is 64.4 Å². The van der Waals surface area contributed by atoms with Gasteiger partial charge in [0.2, 0.25) is 0 Å². The highest BCUT2D eigenvalue weighted by Gasteiger charge is 2.24. The van der Waals surface area contributed by atoms with Gasteiger partial charge in [-0.3, -0.25) is 4.99 Å². The van der Waals surface area contributed by atoms with Crippen LogP contribution in [0, 0.1) is 17.1 Å². The highest BCUT2D eigenvalue weighted by molar-refractivity contribution is 5.91. The summed E-state index contributed by atoms with van der Waals surface area (Å²) in [5, 5.41) is 13.4. The minimum Gasteiger partial charge on any atom is -0.482 e. The predicted molar refractivity (Wildman–Crippen MR) is 114 cm³/mol. The van der Waals surface area contributed by atoms with Crippen molar-refractivity contribution < 1.29 is 13.7 Å². The zero-order valence-corrected chi connectivity index (χ0v) is 16.9. The third-order valence-electron chi connectivity index (χ3n) is 5.07. The molecule has 1 aromatic carbocycles. The lowest BCUT2D eigenvalue weighted by molar-refractivity contribution is 0.227. The number of anilines is 1. The van der Waals surface area contributed by atoms with Crippen molar-refractivity contribution in [3.63, 3.8) is 0 Å². The molecule has 0 aliphatic carbocycles. The predicted octanol–water partition coefficient (Wildman–Crippen LogP) is 3.40. The maximum Gasteiger partial charge on any atom is 0.191 e. The van der Waals surface area contributed by atoms with Gasteiger partial charge < -0.3 is 20.7 Å². The van der Waals surface area contributed by atoms with E-state index in [-0.39, 0.29) is 23.7 Å². The van der Waals surface area contributed by atoms with Crippen LogP contribution in [-0.2, 0) is 6.42 Å². The maximum atomic E-state index is 14.1. The summed E-state index contributed by atoms with van der Waals surface area (Å²) in [7, 11) is 1.62. The molecule has 2 aromatic heterocycles. The van der Waals surface area contributed by atoms with Gasteiger partial charge in [0.1, 0.15) is 18.0 Å². The van der Waals surface area contributed by atoms with Crippen LogP contribution in [0.5, 0.6) is 5.75 Å². The summed E-state index contributed by atoms with van der Waals surface area (Å²) >= 11 is 0. The number of pyridine rings is 1. The summed E-state index contributed by atoms with van der Waals surface area (Å²) in [5.41, 5.74) is 15.8. The Morgan fingerprint density at radius 3 is 2.87 bits per heavy atom. The van der Waals surface area contributed by atoms with Gasteiger partial charge in [-0.05, 0) is 31.2 Å². The van der Waals surface area contributed by atoms with E-state index >= 15 is 0 Å². The molecular weight excluding hydrogens is 399 g/mol. The van der Waals surface area contributed by atoms with Crippen molar-refractivity contribution in [2.24, 2.45) is 10.7 Å². The fourth-order valence-electron chi connectivity index (χ4n) is 3.59. The summed E-state index contributed by atoms with van der Waals surface area (Å²) in [6, 6.07) is 7.99. The lowest BCUT2D eigenvalue weighted by Gasteiger charge is -2.21. The molecule has 0 amide bonds. The minimum absolute atomic E-state index is 0.103. The van der Waals surface area contributed by atoms with Crippen molar-refractivity contribution in [3.8, 4) is 22.9 Å². The lowest BCUT2D eigenvalue weighted by Crippen LogP contribution is -2.13. The number of allylic oxidation sites excluding steroid dienone is 1. The van der Waals surface area contributed by atoms with Gasteiger partial charge in [0.05, 0.1) is 5.56 Å². The highest BCUT2D eigenvalue weighted by Crippen LogP contribution is 2.37. The average Bonchev–Trinajstić information content (AvgIpc) is 3.16. The average molecular weight is 418 g/mol. The van der Waals surface area contributed by atoms with Gasteiger partial charge in [0.25, 0.3) is 0 Å². The van der Waals surface area contributed by atoms with E-state index in [9.17, 15) is 9.65 Å². The van der Waals surface area contributed by atoms with Crippen LogP contribution in [0.3, 0.4) is 0 Å². The number of ether oxygens (including phenoxy) is 1. The van der Waals surface area contributed by atoms with Gasteiger partial charge in [0.15, 0.2) is 23.0 Å². The van der Waals surface area contributed by atoms with Crippen LogP contribution in [0.1, 0.15) is 35.6 Å². The normalized spacial score (nSPS) is 16.0. The van der Waals surface area contributed by atoms with Crippen molar-refractivity contribution in [2.45, 2.75) is 19.4 Å². The maximum absolute atomic E-state index is 14.1. The quantitative estimate of drug-likeness (QED) is 0.578. The zero-order valence-electron chi connectivity index (χ0n) is 16.9. The molecular formula is C22H19FN6O2. The van der Waals surface area contributed by atoms with E-state index in [1.807, 2.05) is 6.07 Å². The molecule has 4 rings (SSSR count). The lowest BCUT2D eigenvalue weighted by atomic mass is 9.94. The van der Waals surface area contributed by atoms with Crippen molar-refractivity contribution in [1.82, 2.24) is 10.1 Å². The number of benzene rings is 1. The molecule has 0 fully saturated rings. The molecule has 0 spiro atoms. The molecule has 156 valence electrons. The summed E-state index contributed by atoms with van der Waals surface area (Å²) in [5.74, 6) is 0.430. The Morgan fingerprint density at radius 2 is 2.13 bits per heavy atom. The zero-order chi connectivity index (χ0) is 22.1. The first-order chi connectivity index (χ1) is 14.9. The van der Waals surface area contributed by atoms with Crippen LogP contribution in [0.2, 0.25) is 0 Å². The number of fused-ring (bicyclic) bond motifs is 5. The molecule has 1 unspecified atom stereocenters. The van der Waals surface area contributed by atoms with E-state index in [0.29, 0.717) is 39.3 Å². The monoisotopic (exact) mass is 418 g/mol. The molecule has 31 heavy (non-hydrogen) atoms. The number of nitrogens with two attached hydrogens (primary N) is 2. The Morgan fingerprint density at radius 1 is 1.32 bits per heavy atom. The number of nitriles is 1. The van der Waals surface area contributed by atoms with Crippen LogP contribution in [-0.4, -0.2) is 23.4 Å². The van der Waals surface area contributed by atoms with Gasteiger partial charge in [-0.15, -0.1) is 0 Å². The second-order valence-corrected chi connectivity index (χ2v) is 7.04. The van der Waals surface area contributed by atoms with E-state index < -0.39 is 11.9 Å². The Bertz CT molecular complexity index is 1270. The SMILES string of the molecule is CN=CC1=C(N)c2ccc(F)cc2C(C)Oc2cc(cnc2N)-c2c(C#N)noc2C1. The fourth-order valence-corrected chi connectivity index (χ4v) is 3.59. The third-order valence-corrected chi connectivity index (χ3v) is 5.07. The second-order valence-electron chi connectivity index (χ2n) is 7.04. The van der Waals surface area contributed by atoms with Crippen LogP contribution < -0.4 is 16.2 Å². The molecule has 1 atom stereocenters. The summed E-state index contributed by atoms with van der Waals surface area (Å²) in [6.07, 6.45) is 2.73. The molecule has 0 radical (unpaired) electrons. The van der Waals surface area contributed by atoms with Crippen molar-refractivity contribution in [2.75, 3.05) is 12.8 Å². The number of hydrogen-bond acceptors (Lipinski definition) is 8. The Labute approximate surface area is 177 Å². The standard InChI is InChI=1S/C22H19FN6O2/c1-11-16-7-14(23)3-4-15(16)21(25)13(9-27-2)6-18-20(17(8-24)29-31-18)12-5-19(30-11)22(26)28-10-12/h3-5,7,9-11H,6,25H2,1-2H3,(H2,26,28). The van der Waals surface area contributed by atoms with E-state index in [1.165, 1.54) is 18.3 Å². The summed E-state index contributed by atoms with van der Waals surface area (Å²) < 4.78 is 25.6. The molecule has 0 saturated carbocycles. The highest BCUT2D eigenvalue weighted by atomic mass is 19.1. The number of hydrogen-bond donors (Lipinski definition) is 2. The minimum atomic E-state index is -0.597. The Balaban J connectivity index is 2.05. The van der Waals surface area contributed by atoms with Gasteiger partial charge in [0, 0.05) is 53.8 Å². The molecule has 1 aliphatic rings. The molecule has 3 aromatic rings. The number of rotatable bonds is 1. The molecule has 8 nitrogen and oxygen atoms in total. The van der Waals surface area contributed by atoms with Crippen LogP contribution >= 0.6 is 0 Å². The number of aromatic nitrogens is 2. The molecule has 1 aliphatic heterocycles. The first kappa shape index (κ1) is 20.1. The van der Waals surface area contributed by atoms with Gasteiger partial charge in [-0.1, -0.05) is 5.16 Å². The van der Waals surface area contributed by atoms with E-state index in [2.05, 4.69) is 15.1 Å². The number of nitrogen functional groups attached to an aromatic ring is 1. The largest absolute Gasteiger partial charge is 0.482 e. The van der Waals surface area contributed by atoms with Gasteiger partial charge >= 0.3 is 0 Å². The van der Waals surface area contributed by atoms with Gasteiger partial charge in [-0.2, -0.15) is 5.26 Å². The molecule has 0 saturated heterocycles. The number of aliphatic imine (C=N–C) groups is 1. The van der Waals surface area contributed by atoms with Crippen LogP contribution in [0.4, 0.5) is 10.2 Å². The van der Waals surface area contributed by atoms with Gasteiger partial charge in [-0.25, -0.2) is 9.37 Å². The van der Waals surface area contributed by atoms with E-state index in [4.69, 9.17) is 20.7 Å². The second kappa shape index (κ2) is 7.91. The molecule has 4 N–H and O–H groups in total. The number of nitrogens with zero attached hydrogens (tertiary/aromatic N) is 4. The first-order valence-electron chi connectivity index (χ1n) is 9.44. The fraction of sp³-hybridized carbons (Fsp3) is 0.182. The summed E-state index contributed by atoms with van der Waals surface area (Å²) in [6.45, 7) is 1.77. The van der Waals surface area contributed by atoms with E-state index in [0.717, 1.165) is 0 Å². The smallest absolute Gasteiger partial charge is 0.191 e. The van der Waals surface area contributed by atoms with Crippen molar-refractivity contribution >= 4 is 17.7 Å². The Kier molecular flexibility index (Phi) is 5.13. The van der Waals surface area contributed by atoms with Crippen molar-refractivity contribution in [1.29, 1.82) is 5.26 Å². The topological polar surface area (TPSA) is 136 Å². The van der Waals surface area contributed by atoms with Crippen LogP contribution in [0.25, 0.3) is 16.8 Å². The van der Waals surface area contributed by atoms with E-state index in [1.54, 1.807) is 32.3 Å². The third kappa shape index (κ3) is 3.59. The number of halogens is 1. The van der Waals surface area contributed by atoms with Crippen LogP contribution in [0.15, 0.2) is 45.6 Å². The molecule has 9 heteroatoms.